The van der Waals surface area contributed by atoms with Gasteiger partial charge in [0.1, 0.15) is 5.58 Å². The highest BCUT2D eigenvalue weighted by molar-refractivity contribution is 6.31. The van der Waals surface area contributed by atoms with Crippen LogP contribution in [0.1, 0.15) is 10.6 Å². The maximum Gasteiger partial charge on any atom is 0.291 e. The number of hydrogen-bond donors (Lipinski definition) is 2. The van der Waals surface area contributed by atoms with E-state index in [2.05, 4.69) is 5.32 Å². The molecule has 5 heteroatoms. The number of nitrogens with one attached hydrogen (secondary N) is 1. The van der Waals surface area contributed by atoms with Crippen LogP contribution in [-0.4, -0.2) is 5.91 Å². The predicted molar refractivity (Wildman–Crippen MR) is 80.0 cm³/mol. The van der Waals surface area contributed by atoms with Crippen LogP contribution in [0.5, 0.6) is 0 Å². The zero-order valence-electron chi connectivity index (χ0n) is 10.4. The lowest BCUT2D eigenvalue weighted by atomic mass is 10.2. The Bertz CT molecular complexity index is 762. The Morgan fingerprint density at radius 1 is 1.15 bits per heavy atom. The molecule has 0 aliphatic rings. The quantitative estimate of drug-likeness (QED) is 0.702. The van der Waals surface area contributed by atoms with Crippen LogP contribution in [0.4, 0.5) is 11.4 Å². The first-order chi connectivity index (χ1) is 9.63. The van der Waals surface area contributed by atoms with E-state index in [0.717, 1.165) is 5.39 Å². The average Bonchev–Trinajstić information content (AvgIpc) is 2.87. The van der Waals surface area contributed by atoms with Crippen molar-refractivity contribution in [2.24, 2.45) is 0 Å². The van der Waals surface area contributed by atoms with Crippen LogP contribution in [-0.2, 0) is 0 Å². The van der Waals surface area contributed by atoms with Gasteiger partial charge in [0.15, 0.2) is 5.76 Å². The monoisotopic (exact) mass is 286 g/mol. The SMILES string of the molecule is Nc1ccc(Cl)cc1NC(=O)c1cc2ccccc2o1. The minimum atomic E-state index is -0.366. The molecule has 1 heterocycles. The van der Waals surface area contributed by atoms with Crippen molar-refractivity contribution in [2.75, 3.05) is 11.1 Å². The van der Waals surface area contributed by atoms with Gasteiger partial charge in [-0.2, -0.15) is 0 Å². The Hall–Kier alpha value is -2.46. The summed E-state index contributed by atoms with van der Waals surface area (Å²) in [6.45, 7) is 0. The van der Waals surface area contributed by atoms with E-state index in [-0.39, 0.29) is 11.7 Å². The van der Waals surface area contributed by atoms with Gasteiger partial charge in [0, 0.05) is 10.4 Å². The molecule has 100 valence electrons. The summed E-state index contributed by atoms with van der Waals surface area (Å²) in [6.07, 6.45) is 0. The highest BCUT2D eigenvalue weighted by Crippen LogP contribution is 2.25. The molecule has 0 saturated heterocycles. The second-order valence-corrected chi connectivity index (χ2v) is 4.77. The fraction of sp³-hybridized carbons (Fsp3) is 0. The summed E-state index contributed by atoms with van der Waals surface area (Å²) in [7, 11) is 0. The van der Waals surface area contributed by atoms with E-state index in [4.69, 9.17) is 21.8 Å². The first-order valence-electron chi connectivity index (χ1n) is 5.98. The number of nitrogen functional groups attached to an aromatic ring is 1. The predicted octanol–water partition coefficient (Wildman–Crippen LogP) is 3.92. The largest absolute Gasteiger partial charge is 0.451 e. The summed E-state index contributed by atoms with van der Waals surface area (Å²) >= 11 is 5.88. The van der Waals surface area contributed by atoms with E-state index in [9.17, 15) is 4.79 Å². The van der Waals surface area contributed by atoms with Crippen LogP contribution in [0.15, 0.2) is 52.9 Å². The van der Waals surface area contributed by atoms with E-state index in [1.54, 1.807) is 30.3 Å². The minimum Gasteiger partial charge on any atom is -0.451 e. The van der Waals surface area contributed by atoms with Crippen molar-refractivity contribution in [3.05, 3.63) is 59.3 Å². The van der Waals surface area contributed by atoms with Crippen LogP contribution in [0, 0.1) is 0 Å². The van der Waals surface area contributed by atoms with Crippen LogP contribution in [0.3, 0.4) is 0 Å². The lowest BCUT2D eigenvalue weighted by Crippen LogP contribution is -2.12. The molecule has 3 N–H and O–H groups in total. The molecule has 20 heavy (non-hydrogen) atoms. The maximum absolute atomic E-state index is 12.1. The normalized spacial score (nSPS) is 10.7. The number of benzene rings is 2. The van der Waals surface area contributed by atoms with Gasteiger partial charge in [0.05, 0.1) is 11.4 Å². The molecule has 4 nitrogen and oxygen atoms in total. The van der Waals surface area contributed by atoms with Crippen molar-refractivity contribution >= 4 is 39.9 Å². The minimum absolute atomic E-state index is 0.227. The molecule has 0 spiro atoms. The van der Waals surface area contributed by atoms with Crippen molar-refractivity contribution < 1.29 is 9.21 Å². The van der Waals surface area contributed by atoms with Crippen molar-refractivity contribution in [1.82, 2.24) is 0 Å². The summed E-state index contributed by atoms with van der Waals surface area (Å²) in [4.78, 5) is 12.1. The Balaban J connectivity index is 1.90. The summed E-state index contributed by atoms with van der Waals surface area (Å²) < 4.78 is 5.49. The summed E-state index contributed by atoms with van der Waals surface area (Å²) in [6, 6.07) is 14.0. The molecule has 0 unspecified atom stereocenters. The fourth-order valence-electron chi connectivity index (χ4n) is 1.91. The van der Waals surface area contributed by atoms with E-state index in [0.29, 0.717) is 22.0 Å². The third-order valence-corrected chi connectivity index (χ3v) is 3.15. The molecule has 3 aromatic rings. The van der Waals surface area contributed by atoms with Crippen LogP contribution in [0.2, 0.25) is 5.02 Å². The molecule has 2 aromatic carbocycles. The standard InChI is InChI=1S/C15H11ClN2O2/c16-10-5-6-11(17)12(8-10)18-15(19)14-7-9-3-1-2-4-13(9)20-14/h1-8H,17H2,(H,18,19). The number of fused-ring (bicyclic) bond motifs is 1. The third-order valence-electron chi connectivity index (χ3n) is 2.91. The van der Waals surface area contributed by atoms with E-state index in [1.807, 2.05) is 18.2 Å². The topological polar surface area (TPSA) is 68.3 Å². The number of para-hydroxylation sites is 1. The van der Waals surface area contributed by atoms with Gasteiger partial charge in [-0.1, -0.05) is 29.8 Å². The highest BCUT2D eigenvalue weighted by Gasteiger charge is 2.13. The molecule has 0 radical (unpaired) electrons. The van der Waals surface area contributed by atoms with Crippen LogP contribution >= 0.6 is 11.6 Å². The van der Waals surface area contributed by atoms with Gasteiger partial charge < -0.3 is 15.5 Å². The lowest BCUT2D eigenvalue weighted by molar-refractivity contribution is 0.0999. The molecule has 0 saturated carbocycles. The Labute approximate surface area is 120 Å². The van der Waals surface area contributed by atoms with Gasteiger partial charge in [-0.05, 0) is 30.3 Å². The number of nitrogens with two attached hydrogens (primary N) is 1. The zero-order chi connectivity index (χ0) is 14.1. The Morgan fingerprint density at radius 3 is 2.75 bits per heavy atom. The highest BCUT2D eigenvalue weighted by atomic mass is 35.5. The van der Waals surface area contributed by atoms with Crippen LogP contribution < -0.4 is 11.1 Å². The summed E-state index contributed by atoms with van der Waals surface area (Å²) in [5.41, 5.74) is 7.36. The molecular formula is C15H11ClN2O2. The molecule has 1 amide bonds. The van der Waals surface area contributed by atoms with Gasteiger partial charge in [0.2, 0.25) is 0 Å². The number of hydrogen-bond acceptors (Lipinski definition) is 3. The molecule has 0 atom stereocenters. The van der Waals surface area contributed by atoms with E-state index < -0.39 is 0 Å². The van der Waals surface area contributed by atoms with Crippen molar-refractivity contribution in [3.8, 4) is 0 Å². The van der Waals surface area contributed by atoms with Crippen LogP contribution in [0.25, 0.3) is 11.0 Å². The smallest absolute Gasteiger partial charge is 0.291 e. The third kappa shape index (κ3) is 2.33. The van der Waals surface area contributed by atoms with E-state index >= 15 is 0 Å². The number of furan rings is 1. The number of amides is 1. The summed E-state index contributed by atoms with van der Waals surface area (Å²) in [5, 5.41) is 4.06. The van der Waals surface area contributed by atoms with Gasteiger partial charge in [-0.3, -0.25) is 4.79 Å². The molecule has 0 aliphatic carbocycles. The van der Waals surface area contributed by atoms with Gasteiger partial charge >= 0.3 is 0 Å². The number of carbonyl (C=O) groups is 1. The van der Waals surface area contributed by atoms with Gasteiger partial charge in [-0.25, -0.2) is 0 Å². The van der Waals surface area contributed by atoms with Gasteiger partial charge in [-0.15, -0.1) is 0 Å². The number of halogens is 1. The second-order valence-electron chi connectivity index (χ2n) is 4.33. The van der Waals surface area contributed by atoms with Gasteiger partial charge in [0.25, 0.3) is 5.91 Å². The average molecular weight is 287 g/mol. The van der Waals surface area contributed by atoms with Crippen molar-refractivity contribution in [2.45, 2.75) is 0 Å². The number of anilines is 2. The molecule has 0 fully saturated rings. The number of carbonyl (C=O) groups excluding carboxylic acids is 1. The molecule has 1 aromatic heterocycles. The summed E-state index contributed by atoms with van der Waals surface area (Å²) in [5.74, 6) is -0.138. The first kappa shape index (κ1) is 12.6. The molecular weight excluding hydrogens is 276 g/mol. The number of rotatable bonds is 2. The van der Waals surface area contributed by atoms with E-state index in [1.165, 1.54) is 0 Å². The molecule has 0 bridgehead atoms. The zero-order valence-corrected chi connectivity index (χ0v) is 11.1. The Morgan fingerprint density at radius 2 is 1.95 bits per heavy atom. The lowest BCUT2D eigenvalue weighted by Gasteiger charge is -2.06. The first-order valence-corrected chi connectivity index (χ1v) is 6.36. The molecule has 3 rings (SSSR count). The maximum atomic E-state index is 12.1. The second kappa shape index (κ2) is 4.90. The molecule has 0 aliphatic heterocycles. The Kier molecular flexibility index (Phi) is 3.08. The van der Waals surface area contributed by atoms with Crippen molar-refractivity contribution in [1.29, 1.82) is 0 Å². The van der Waals surface area contributed by atoms with Crippen molar-refractivity contribution in [3.63, 3.8) is 0 Å². The fourth-order valence-corrected chi connectivity index (χ4v) is 2.09.